The fourth-order valence-corrected chi connectivity index (χ4v) is 3.63. The molecular formula is C22H17ClN2O3. The topological polar surface area (TPSA) is 75.1 Å². The van der Waals surface area contributed by atoms with Crippen LogP contribution in [0.1, 0.15) is 28.0 Å². The summed E-state index contributed by atoms with van der Waals surface area (Å²) >= 11 is 6.32. The number of nitriles is 1. The van der Waals surface area contributed by atoms with Gasteiger partial charge in [-0.3, -0.25) is 4.79 Å². The van der Waals surface area contributed by atoms with E-state index in [2.05, 4.69) is 4.98 Å². The molecule has 5 nitrogen and oxygen atoms in total. The number of ketones is 1. The summed E-state index contributed by atoms with van der Waals surface area (Å²) in [5.74, 6) is 0.679. The van der Waals surface area contributed by atoms with Gasteiger partial charge in [0.05, 0.1) is 23.8 Å². The lowest BCUT2D eigenvalue weighted by Gasteiger charge is -2.10. The van der Waals surface area contributed by atoms with Crippen LogP contribution in [0.15, 0.2) is 42.0 Å². The van der Waals surface area contributed by atoms with Gasteiger partial charge in [-0.15, -0.1) is 0 Å². The first-order valence-corrected chi connectivity index (χ1v) is 9.29. The third-order valence-corrected chi connectivity index (χ3v) is 4.90. The van der Waals surface area contributed by atoms with E-state index in [0.717, 1.165) is 23.0 Å². The van der Waals surface area contributed by atoms with E-state index in [9.17, 15) is 10.1 Å². The van der Waals surface area contributed by atoms with E-state index in [1.807, 2.05) is 37.3 Å². The minimum absolute atomic E-state index is 0.0263. The first-order chi connectivity index (χ1) is 13.6. The molecule has 4 rings (SSSR count). The number of para-hydroxylation sites is 1. The van der Waals surface area contributed by atoms with E-state index in [1.165, 1.54) is 6.08 Å². The highest BCUT2D eigenvalue weighted by molar-refractivity contribution is 6.32. The quantitative estimate of drug-likeness (QED) is 0.383. The van der Waals surface area contributed by atoms with Crippen molar-refractivity contribution < 1.29 is 14.3 Å². The molecule has 3 aromatic rings. The smallest absolute Gasteiger partial charge is 0.205 e. The molecule has 0 aliphatic carbocycles. The van der Waals surface area contributed by atoms with Gasteiger partial charge >= 0.3 is 0 Å². The van der Waals surface area contributed by atoms with Gasteiger partial charge in [0.1, 0.15) is 11.6 Å². The van der Waals surface area contributed by atoms with Crippen LogP contribution in [0.3, 0.4) is 0 Å². The van der Waals surface area contributed by atoms with Crippen LogP contribution in [0.4, 0.5) is 0 Å². The summed E-state index contributed by atoms with van der Waals surface area (Å²) in [5.41, 5.74) is 2.72. The summed E-state index contributed by atoms with van der Waals surface area (Å²) in [6.45, 7) is 2.88. The number of carbonyl (C=O) groups is 1. The highest BCUT2D eigenvalue weighted by Gasteiger charge is 2.21. The highest BCUT2D eigenvalue weighted by atomic mass is 35.5. The Kier molecular flexibility index (Phi) is 4.81. The molecule has 140 valence electrons. The summed E-state index contributed by atoms with van der Waals surface area (Å²) in [5, 5.41) is 10.8. The molecule has 0 radical (unpaired) electrons. The molecule has 0 saturated carbocycles. The SMILES string of the molecule is Cc1[nH]c2ccccc2c1C(=O)C(C#N)=Cc1cc(Cl)c2c(c1)OCCCO2. The Morgan fingerprint density at radius 3 is 2.86 bits per heavy atom. The number of Topliss-reactive ketones (excluding diaryl/α,β-unsaturated/α-hetero) is 1. The number of nitrogens with one attached hydrogen (secondary N) is 1. The first kappa shape index (κ1) is 18.1. The van der Waals surface area contributed by atoms with Crippen LogP contribution in [0.25, 0.3) is 17.0 Å². The van der Waals surface area contributed by atoms with Crippen LogP contribution in [-0.4, -0.2) is 24.0 Å². The predicted octanol–water partition coefficient (Wildman–Crippen LogP) is 5.08. The Balaban J connectivity index is 1.77. The monoisotopic (exact) mass is 392 g/mol. The van der Waals surface area contributed by atoms with Crippen molar-refractivity contribution in [1.82, 2.24) is 4.98 Å². The highest BCUT2D eigenvalue weighted by Crippen LogP contribution is 2.38. The standard InChI is InChI=1S/C22H17ClN2O3/c1-13-20(16-5-2-3-6-18(16)25-13)21(26)15(12-24)9-14-10-17(23)22-19(11-14)27-7-4-8-28-22/h2-3,5-6,9-11,25H,4,7-8H2,1H3. The molecule has 28 heavy (non-hydrogen) atoms. The van der Waals surface area contributed by atoms with Crippen LogP contribution in [-0.2, 0) is 0 Å². The third-order valence-electron chi connectivity index (χ3n) is 4.62. The molecule has 1 aromatic heterocycles. The normalized spacial score (nSPS) is 13.8. The zero-order chi connectivity index (χ0) is 19.7. The molecule has 0 bridgehead atoms. The number of fused-ring (bicyclic) bond motifs is 2. The summed E-state index contributed by atoms with van der Waals surface area (Å²) in [6.07, 6.45) is 2.29. The first-order valence-electron chi connectivity index (χ1n) is 8.91. The molecule has 0 atom stereocenters. The largest absolute Gasteiger partial charge is 0.489 e. The summed E-state index contributed by atoms with van der Waals surface area (Å²) in [6, 6.07) is 13.0. The van der Waals surface area contributed by atoms with Gasteiger partial charge in [-0.05, 0) is 36.8 Å². The minimum Gasteiger partial charge on any atom is -0.489 e. The Labute approximate surface area is 167 Å². The van der Waals surface area contributed by atoms with Gasteiger partial charge in [0.15, 0.2) is 11.5 Å². The Morgan fingerprint density at radius 2 is 2.04 bits per heavy atom. The third kappa shape index (κ3) is 3.23. The molecule has 1 aliphatic rings. The maximum atomic E-state index is 13.1. The molecule has 6 heteroatoms. The Bertz CT molecular complexity index is 1150. The minimum atomic E-state index is -0.333. The summed E-state index contributed by atoms with van der Waals surface area (Å²) in [7, 11) is 0. The number of aromatic amines is 1. The predicted molar refractivity (Wildman–Crippen MR) is 108 cm³/mol. The van der Waals surface area contributed by atoms with E-state index in [1.54, 1.807) is 12.1 Å². The van der Waals surface area contributed by atoms with Crippen molar-refractivity contribution in [1.29, 1.82) is 5.26 Å². The number of aromatic nitrogens is 1. The maximum Gasteiger partial charge on any atom is 0.205 e. The van der Waals surface area contributed by atoms with Crippen molar-refractivity contribution in [2.45, 2.75) is 13.3 Å². The van der Waals surface area contributed by atoms with Gasteiger partial charge in [-0.25, -0.2) is 0 Å². The molecule has 2 heterocycles. The number of nitrogens with zero attached hydrogens (tertiary/aromatic N) is 1. The van der Waals surface area contributed by atoms with Gasteiger partial charge in [-0.2, -0.15) is 5.26 Å². The van der Waals surface area contributed by atoms with Crippen molar-refractivity contribution in [3.63, 3.8) is 0 Å². The number of H-pyrrole nitrogens is 1. The van der Waals surface area contributed by atoms with Gasteiger partial charge < -0.3 is 14.5 Å². The molecule has 0 saturated heterocycles. The lowest BCUT2D eigenvalue weighted by Crippen LogP contribution is -2.03. The average molecular weight is 393 g/mol. The average Bonchev–Trinajstić information content (AvgIpc) is 2.85. The second-order valence-corrected chi connectivity index (χ2v) is 6.96. The second kappa shape index (κ2) is 7.41. The van der Waals surface area contributed by atoms with E-state index in [0.29, 0.717) is 40.9 Å². The van der Waals surface area contributed by atoms with Gasteiger partial charge in [0.2, 0.25) is 5.78 Å². The van der Waals surface area contributed by atoms with Crippen molar-refractivity contribution in [3.05, 3.63) is 63.8 Å². The number of rotatable bonds is 3. The molecule has 1 aliphatic heterocycles. The second-order valence-electron chi connectivity index (χ2n) is 6.55. The molecule has 2 aromatic carbocycles. The molecule has 0 amide bonds. The number of allylic oxidation sites excluding steroid dienone is 1. The lowest BCUT2D eigenvalue weighted by molar-refractivity contribution is 0.104. The Morgan fingerprint density at radius 1 is 1.25 bits per heavy atom. The van der Waals surface area contributed by atoms with E-state index >= 15 is 0 Å². The zero-order valence-electron chi connectivity index (χ0n) is 15.2. The lowest BCUT2D eigenvalue weighted by atomic mass is 9.99. The van der Waals surface area contributed by atoms with Gasteiger partial charge in [0, 0.05) is 23.0 Å². The fourth-order valence-electron chi connectivity index (χ4n) is 3.35. The number of aryl methyl sites for hydroxylation is 1. The number of ether oxygens (including phenoxy) is 2. The summed E-state index contributed by atoms with van der Waals surface area (Å²) < 4.78 is 11.3. The number of benzene rings is 2. The van der Waals surface area contributed by atoms with Crippen LogP contribution < -0.4 is 9.47 Å². The Hall–Kier alpha value is -3.23. The fraction of sp³-hybridized carbons (Fsp3) is 0.182. The molecule has 1 N–H and O–H groups in total. The van der Waals surface area contributed by atoms with Crippen LogP contribution in [0.2, 0.25) is 5.02 Å². The molecule has 0 unspecified atom stereocenters. The van der Waals surface area contributed by atoms with E-state index < -0.39 is 0 Å². The van der Waals surface area contributed by atoms with Gasteiger partial charge in [-0.1, -0.05) is 29.8 Å². The zero-order valence-corrected chi connectivity index (χ0v) is 16.0. The number of carbonyl (C=O) groups excluding carboxylic acids is 1. The molecule has 0 fully saturated rings. The van der Waals surface area contributed by atoms with Crippen molar-refractivity contribution in [2.75, 3.05) is 13.2 Å². The van der Waals surface area contributed by atoms with Crippen LogP contribution in [0, 0.1) is 18.3 Å². The number of hydrogen-bond donors (Lipinski definition) is 1. The van der Waals surface area contributed by atoms with E-state index in [4.69, 9.17) is 21.1 Å². The van der Waals surface area contributed by atoms with Crippen molar-refractivity contribution in [2.24, 2.45) is 0 Å². The number of hydrogen-bond acceptors (Lipinski definition) is 4. The summed E-state index contributed by atoms with van der Waals surface area (Å²) in [4.78, 5) is 16.3. The molecule has 0 spiro atoms. The molecular weight excluding hydrogens is 376 g/mol. The van der Waals surface area contributed by atoms with Crippen molar-refractivity contribution in [3.8, 4) is 17.6 Å². The van der Waals surface area contributed by atoms with E-state index in [-0.39, 0.29) is 11.4 Å². The maximum absolute atomic E-state index is 13.1. The van der Waals surface area contributed by atoms with Crippen LogP contribution >= 0.6 is 11.6 Å². The van der Waals surface area contributed by atoms with Gasteiger partial charge in [0.25, 0.3) is 0 Å². The van der Waals surface area contributed by atoms with Crippen LogP contribution in [0.5, 0.6) is 11.5 Å². The van der Waals surface area contributed by atoms with Crippen molar-refractivity contribution >= 4 is 34.4 Å². The number of halogens is 1.